The summed E-state index contributed by atoms with van der Waals surface area (Å²) in [6.07, 6.45) is -0.183. The second kappa shape index (κ2) is 13.5. The Labute approximate surface area is 267 Å². The van der Waals surface area contributed by atoms with Crippen molar-refractivity contribution in [2.24, 2.45) is 5.92 Å². The number of benzene rings is 4. The third-order valence-electron chi connectivity index (χ3n) is 7.63. The van der Waals surface area contributed by atoms with E-state index < -0.39 is 60.5 Å². The molecule has 0 unspecified atom stereocenters. The van der Waals surface area contributed by atoms with Crippen LogP contribution in [0, 0.1) is 5.92 Å². The van der Waals surface area contributed by atoms with Crippen molar-refractivity contribution in [2.45, 2.75) is 17.8 Å². The van der Waals surface area contributed by atoms with Gasteiger partial charge >= 0.3 is 11.9 Å². The molecule has 228 valence electrons. The fourth-order valence-corrected chi connectivity index (χ4v) is 7.04. The lowest BCUT2D eigenvalue weighted by Gasteiger charge is -2.47. The first-order chi connectivity index (χ1) is 23.6. The highest BCUT2D eigenvalue weighted by Crippen LogP contribution is 2.43. The van der Waals surface area contributed by atoms with Gasteiger partial charge in [0.25, 0.3) is 0 Å². The summed E-state index contributed by atoms with van der Waals surface area (Å²) in [5.74, 6) is -2.85. The van der Waals surface area contributed by atoms with Crippen LogP contribution in [-0.2, 0) is 26.1 Å². The Morgan fingerprint density at radius 1 is 0.864 bits per heavy atom. The van der Waals surface area contributed by atoms with Gasteiger partial charge in [-0.2, -0.15) is 0 Å². The molecule has 0 saturated carbocycles. The van der Waals surface area contributed by atoms with Crippen molar-refractivity contribution in [3.05, 3.63) is 138 Å². The SMILES string of the molecule is [2H]C([2H])([2H])N(C[C@@H]1CN(S(=O)(=O)Cc2ccccc2)CC[C@@]1(OC(=O)c1ccccc1)c1cccc(C(=O)Oc2ccccc2)c1)C([2H])([2H])[2H]. The summed E-state index contributed by atoms with van der Waals surface area (Å²) in [6, 6.07) is 30.9. The summed E-state index contributed by atoms with van der Waals surface area (Å²) in [4.78, 5) is 27.4. The number of para-hydroxylation sites is 1. The minimum Gasteiger partial charge on any atom is -0.450 e. The second-order valence-corrected chi connectivity index (χ2v) is 12.6. The molecule has 0 aliphatic carbocycles. The Balaban J connectivity index is 1.62. The Kier molecular flexibility index (Phi) is 7.41. The van der Waals surface area contributed by atoms with Gasteiger partial charge in [0.2, 0.25) is 10.0 Å². The average Bonchev–Trinajstić information content (AvgIpc) is 3.07. The summed E-state index contributed by atoms with van der Waals surface area (Å²) in [5, 5.41) is 0. The number of carbonyl (C=O) groups is 2. The molecule has 5 rings (SSSR count). The number of nitrogens with zero attached hydrogens (tertiary/aromatic N) is 2. The maximum Gasteiger partial charge on any atom is 0.343 e. The van der Waals surface area contributed by atoms with Crippen molar-refractivity contribution in [1.82, 2.24) is 9.21 Å². The average molecular weight is 619 g/mol. The maximum atomic E-state index is 13.8. The molecule has 4 aromatic carbocycles. The van der Waals surface area contributed by atoms with Crippen molar-refractivity contribution in [2.75, 3.05) is 33.6 Å². The van der Waals surface area contributed by atoms with Gasteiger partial charge in [-0.1, -0.05) is 78.9 Å². The number of piperidine rings is 1. The third kappa shape index (κ3) is 7.24. The number of ether oxygens (including phenoxy) is 2. The number of rotatable bonds is 10. The summed E-state index contributed by atoms with van der Waals surface area (Å²) in [7, 11) is -4.03. The van der Waals surface area contributed by atoms with Gasteiger partial charge in [0.1, 0.15) is 11.4 Å². The minimum atomic E-state index is -4.03. The van der Waals surface area contributed by atoms with Gasteiger partial charge in [-0.05, 0) is 61.5 Å². The molecule has 0 bridgehead atoms. The molecule has 9 heteroatoms. The van der Waals surface area contributed by atoms with Crippen molar-refractivity contribution in [3.63, 3.8) is 0 Å². The van der Waals surface area contributed by atoms with Crippen LogP contribution in [-0.4, -0.2) is 63.1 Å². The zero-order valence-corrected chi connectivity index (χ0v) is 24.7. The fourth-order valence-electron chi connectivity index (χ4n) is 5.47. The van der Waals surface area contributed by atoms with Crippen molar-refractivity contribution in [3.8, 4) is 5.75 Å². The fraction of sp³-hybridized carbons (Fsp3) is 0.257. The van der Waals surface area contributed by atoms with Crippen LogP contribution in [0.3, 0.4) is 0 Å². The zero-order valence-electron chi connectivity index (χ0n) is 29.8. The first-order valence-corrected chi connectivity index (χ1v) is 15.7. The normalized spacial score (nSPS) is 21.5. The zero-order chi connectivity index (χ0) is 36.2. The molecule has 0 radical (unpaired) electrons. The Hall–Kier alpha value is -4.31. The molecule has 0 N–H and O–H groups in total. The molecular weight excluding hydrogens is 576 g/mol. The maximum absolute atomic E-state index is 13.8. The Bertz CT molecular complexity index is 1880. The van der Waals surface area contributed by atoms with Crippen LogP contribution in [0.2, 0.25) is 0 Å². The van der Waals surface area contributed by atoms with E-state index in [4.69, 9.17) is 17.7 Å². The van der Waals surface area contributed by atoms with Crippen LogP contribution < -0.4 is 4.74 Å². The van der Waals surface area contributed by atoms with E-state index in [0.29, 0.717) is 10.5 Å². The molecular formula is C35H36N2O6S. The molecule has 0 spiro atoms. The van der Waals surface area contributed by atoms with Gasteiger partial charge in [0.15, 0.2) is 0 Å². The largest absolute Gasteiger partial charge is 0.450 e. The summed E-state index contributed by atoms with van der Waals surface area (Å²) in [6.45, 7) is -7.53. The number of esters is 2. The van der Waals surface area contributed by atoms with Gasteiger partial charge in [-0.15, -0.1) is 0 Å². The highest BCUT2D eigenvalue weighted by atomic mass is 32.2. The number of sulfonamides is 1. The molecule has 0 amide bonds. The predicted octanol–water partition coefficient (Wildman–Crippen LogP) is 5.37. The van der Waals surface area contributed by atoms with E-state index in [-0.39, 0.29) is 41.2 Å². The summed E-state index contributed by atoms with van der Waals surface area (Å²) in [5.41, 5.74) is -0.794. The van der Waals surface area contributed by atoms with E-state index >= 15 is 0 Å². The quantitative estimate of drug-likeness (QED) is 0.174. The molecule has 4 aromatic rings. The highest BCUT2D eigenvalue weighted by molar-refractivity contribution is 7.88. The number of hydrogen-bond donors (Lipinski definition) is 0. The van der Waals surface area contributed by atoms with E-state index in [0.717, 1.165) is 0 Å². The second-order valence-electron chi connectivity index (χ2n) is 10.6. The van der Waals surface area contributed by atoms with Crippen molar-refractivity contribution < 1.29 is 35.7 Å². The van der Waals surface area contributed by atoms with Gasteiger partial charge in [-0.25, -0.2) is 22.3 Å². The van der Waals surface area contributed by atoms with Crippen molar-refractivity contribution >= 4 is 22.0 Å². The standard InChI is InChI=1S/C35H36N2O6S/c1-36(2)24-31-25-37(44(40,41)26-27-13-6-3-7-14-27)22-21-35(31,43-34(39)28-15-8-4-9-16-28)30-18-12-17-29(23-30)33(38)42-32-19-10-5-11-20-32/h3-20,23,31H,21-22,24-26H2,1-2H3/t31-,35-/m1/s1/i1D3,2D3. The monoisotopic (exact) mass is 618 g/mol. The molecule has 1 aliphatic heterocycles. The van der Waals surface area contributed by atoms with E-state index in [1.807, 2.05) is 0 Å². The van der Waals surface area contributed by atoms with Gasteiger partial charge in [0.05, 0.1) is 16.9 Å². The molecule has 0 aromatic heterocycles. The predicted molar refractivity (Wildman–Crippen MR) is 169 cm³/mol. The lowest BCUT2D eigenvalue weighted by Crippen LogP contribution is -2.56. The lowest BCUT2D eigenvalue weighted by molar-refractivity contribution is -0.0880. The van der Waals surface area contributed by atoms with Crippen LogP contribution in [0.4, 0.5) is 0 Å². The first kappa shape index (κ1) is 24.1. The van der Waals surface area contributed by atoms with Gasteiger partial charge in [-0.3, -0.25) is 0 Å². The van der Waals surface area contributed by atoms with E-state index in [9.17, 15) is 18.0 Å². The molecule has 2 atom stereocenters. The van der Waals surface area contributed by atoms with Crippen LogP contribution in [0.25, 0.3) is 0 Å². The molecule has 1 aliphatic rings. The highest BCUT2D eigenvalue weighted by Gasteiger charge is 2.50. The Morgan fingerprint density at radius 3 is 2.18 bits per heavy atom. The topological polar surface area (TPSA) is 93.2 Å². The minimum absolute atomic E-state index is 0.0721. The number of hydrogen-bond acceptors (Lipinski definition) is 7. The smallest absolute Gasteiger partial charge is 0.343 e. The van der Waals surface area contributed by atoms with Crippen LogP contribution in [0.15, 0.2) is 115 Å². The molecule has 44 heavy (non-hydrogen) atoms. The van der Waals surface area contributed by atoms with E-state index in [1.54, 1.807) is 84.9 Å². The third-order valence-corrected chi connectivity index (χ3v) is 9.45. The Morgan fingerprint density at radius 2 is 1.50 bits per heavy atom. The van der Waals surface area contributed by atoms with Crippen LogP contribution >= 0.6 is 0 Å². The summed E-state index contributed by atoms with van der Waals surface area (Å²) >= 11 is 0. The molecule has 8 nitrogen and oxygen atoms in total. The van der Waals surface area contributed by atoms with Crippen molar-refractivity contribution in [1.29, 1.82) is 0 Å². The first-order valence-electron chi connectivity index (χ1n) is 17.0. The summed E-state index contributed by atoms with van der Waals surface area (Å²) < 4.78 is 89.2. The van der Waals surface area contributed by atoms with Crippen LogP contribution in [0.1, 0.15) is 46.5 Å². The number of carbonyl (C=O) groups excluding carboxylic acids is 2. The molecule has 1 saturated heterocycles. The van der Waals surface area contributed by atoms with E-state index in [1.165, 1.54) is 34.6 Å². The molecule has 1 fully saturated rings. The van der Waals surface area contributed by atoms with Gasteiger partial charge < -0.3 is 14.4 Å². The molecule has 1 heterocycles. The lowest BCUT2D eigenvalue weighted by atomic mass is 9.75. The van der Waals surface area contributed by atoms with E-state index in [2.05, 4.69) is 0 Å². The van der Waals surface area contributed by atoms with Crippen LogP contribution in [0.5, 0.6) is 5.75 Å². The van der Waals surface area contributed by atoms with Gasteiger partial charge in [0, 0.05) is 40.2 Å².